The molecule has 1 saturated heterocycles. The number of rotatable bonds is 5. The van der Waals surface area contributed by atoms with E-state index in [1.54, 1.807) is 0 Å². The van der Waals surface area contributed by atoms with E-state index in [-0.39, 0.29) is 17.0 Å². The van der Waals surface area contributed by atoms with Crippen LogP contribution < -0.4 is 5.32 Å². The lowest BCUT2D eigenvalue weighted by atomic mass is 9.75. The van der Waals surface area contributed by atoms with Crippen LogP contribution in [-0.2, 0) is 4.79 Å². The van der Waals surface area contributed by atoms with Crippen molar-refractivity contribution in [3.8, 4) is 0 Å². The molecule has 22 heavy (non-hydrogen) atoms. The first-order valence-electron chi connectivity index (χ1n) is 8.35. The summed E-state index contributed by atoms with van der Waals surface area (Å²) in [6.07, 6.45) is 1.74. The maximum absolute atomic E-state index is 12.4. The van der Waals surface area contributed by atoms with E-state index in [2.05, 4.69) is 15.2 Å². The summed E-state index contributed by atoms with van der Waals surface area (Å²) < 4.78 is 0. The monoisotopic (exact) mass is 307 g/mol. The summed E-state index contributed by atoms with van der Waals surface area (Å²) in [5, 5.41) is 13.6. The van der Waals surface area contributed by atoms with Gasteiger partial charge in [-0.25, -0.2) is 0 Å². The van der Waals surface area contributed by atoms with Gasteiger partial charge in [-0.2, -0.15) is 0 Å². The molecular formula is C17H29N3O2. The number of aliphatic hydroxyl groups excluding tert-OH is 1. The molecule has 124 valence electrons. The minimum atomic E-state index is -0.148. The van der Waals surface area contributed by atoms with Crippen LogP contribution in [0.25, 0.3) is 0 Å². The minimum Gasteiger partial charge on any atom is -0.511 e. The molecule has 0 aromatic carbocycles. The minimum absolute atomic E-state index is 0.0384. The van der Waals surface area contributed by atoms with Crippen molar-refractivity contribution in [2.45, 2.75) is 40.0 Å². The number of hydrogen-bond acceptors (Lipinski definition) is 5. The zero-order valence-corrected chi connectivity index (χ0v) is 14.1. The van der Waals surface area contributed by atoms with Gasteiger partial charge in [-0.1, -0.05) is 20.8 Å². The van der Waals surface area contributed by atoms with Crippen molar-refractivity contribution in [1.29, 1.82) is 0 Å². The van der Waals surface area contributed by atoms with Gasteiger partial charge in [-0.15, -0.1) is 0 Å². The molecule has 0 atom stereocenters. The fourth-order valence-corrected chi connectivity index (χ4v) is 3.24. The van der Waals surface area contributed by atoms with Crippen LogP contribution in [0.2, 0.25) is 0 Å². The molecule has 1 fully saturated rings. The van der Waals surface area contributed by atoms with E-state index >= 15 is 0 Å². The highest BCUT2D eigenvalue weighted by Crippen LogP contribution is 2.36. The third kappa shape index (κ3) is 4.40. The van der Waals surface area contributed by atoms with Crippen molar-refractivity contribution in [3.63, 3.8) is 0 Å². The highest BCUT2D eigenvalue weighted by molar-refractivity contribution is 6.23. The van der Waals surface area contributed by atoms with Crippen molar-refractivity contribution < 1.29 is 9.90 Å². The van der Waals surface area contributed by atoms with E-state index in [4.69, 9.17) is 0 Å². The standard InChI is InChI=1S/C17H29N3O2/c1-4-13(19-7-10-20-8-5-18-6-9-20)16-14(21)11-17(2,3)12-15(16)22/h18,21H,4-12H2,1-3H3. The number of carbonyl (C=O) groups is 1. The van der Waals surface area contributed by atoms with Gasteiger partial charge >= 0.3 is 0 Å². The van der Waals surface area contributed by atoms with Crippen LogP contribution in [0.4, 0.5) is 0 Å². The molecule has 1 aliphatic heterocycles. The second-order valence-electron chi connectivity index (χ2n) is 7.04. The maximum Gasteiger partial charge on any atom is 0.168 e. The number of nitrogens with one attached hydrogen (secondary N) is 1. The van der Waals surface area contributed by atoms with Crippen molar-refractivity contribution in [1.82, 2.24) is 10.2 Å². The number of piperazine rings is 1. The van der Waals surface area contributed by atoms with Gasteiger partial charge < -0.3 is 10.4 Å². The second-order valence-corrected chi connectivity index (χ2v) is 7.04. The number of allylic oxidation sites excluding steroid dienone is 2. The third-order valence-corrected chi connectivity index (χ3v) is 4.40. The van der Waals surface area contributed by atoms with Crippen molar-refractivity contribution in [2.24, 2.45) is 10.4 Å². The van der Waals surface area contributed by atoms with Crippen LogP contribution in [0.15, 0.2) is 16.3 Å². The van der Waals surface area contributed by atoms with E-state index in [0.717, 1.165) is 38.4 Å². The van der Waals surface area contributed by atoms with Gasteiger partial charge in [0.1, 0.15) is 5.76 Å². The van der Waals surface area contributed by atoms with Gasteiger partial charge in [-0.3, -0.25) is 14.7 Å². The van der Waals surface area contributed by atoms with E-state index in [9.17, 15) is 9.90 Å². The number of Topliss-reactive ketones (excluding diaryl/α,β-unsaturated/α-hetero) is 1. The predicted molar refractivity (Wildman–Crippen MR) is 89.6 cm³/mol. The Hall–Kier alpha value is -1.20. The van der Waals surface area contributed by atoms with Crippen molar-refractivity contribution in [2.75, 3.05) is 39.3 Å². The fourth-order valence-electron chi connectivity index (χ4n) is 3.24. The van der Waals surface area contributed by atoms with Crippen LogP contribution in [0, 0.1) is 5.41 Å². The lowest BCUT2D eigenvalue weighted by Gasteiger charge is -2.30. The van der Waals surface area contributed by atoms with Crippen LogP contribution in [0.3, 0.4) is 0 Å². The van der Waals surface area contributed by atoms with Crippen LogP contribution >= 0.6 is 0 Å². The molecule has 0 aromatic heterocycles. The molecule has 0 radical (unpaired) electrons. The molecule has 2 aliphatic rings. The predicted octanol–water partition coefficient (Wildman–Crippen LogP) is 1.94. The Morgan fingerprint density at radius 1 is 1.32 bits per heavy atom. The van der Waals surface area contributed by atoms with Gasteiger partial charge in [0.15, 0.2) is 5.78 Å². The van der Waals surface area contributed by atoms with E-state index in [0.29, 0.717) is 31.4 Å². The van der Waals surface area contributed by atoms with E-state index in [1.807, 2.05) is 20.8 Å². The molecule has 0 aromatic rings. The normalized spacial score (nSPS) is 24.0. The van der Waals surface area contributed by atoms with Crippen LogP contribution in [0.5, 0.6) is 0 Å². The summed E-state index contributed by atoms with van der Waals surface area (Å²) in [6, 6.07) is 0. The molecule has 1 aliphatic carbocycles. The van der Waals surface area contributed by atoms with Crippen LogP contribution in [0.1, 0.15) is 40.0 Å². The zero-order valence-electron chi connectivity index (χ0n) is 14.1. The molecule has 0 unspecified atom stereocenters. The average Bonchev–Trinajstić information content (AvgIpc) is 2.44. The highest BCUT2D eigenvalue weighted by Gasteiger charge is 2.34. The van der Waals surface area contributed by atoms with Gasteiger partial charge in [0.25, 0.3) is 0 Å². The molecule has 0 saturated carbocycles. The molecule has 0 amide bonds. The quantitative estimate of drug-likeness (QED) is 0.762. The maximum atomic E-state index is 12.4. The van der Waals surface area contributed by atoms with Gasteiger partial charge in [0.05, 0.1) is 12.1 Å². The van der Waals surface area contributed by atoms with Gasteiger partial charge in [-0.05, 0) is 11.8 Å². The number of aliphatic imine (C=N–C) groups is 1. The highest BCUT2D eigenvalue weighted by atomic mass is 16.3. The fraction of sp³-hybridized carbons (Fsp3) is 0.765. The number of carbonyl (C=O) groups excluding carboxylic acids is 1. The second kappa shape index (κ2) is 7.38. The summed E-state index contributed by atoms with van der Waals surface area (Å²) >= 11 is 0. The Morgan fingerprint density at radius 3 is 2.59 bits per heavy atom. The van der Waals surface area contributed by atoms with Crippen molar-refractivity contribution >= 4 is 11.5 Å². The summed E-state index contributed by atoms with van der Waals surface area (Å²) in [5.41, 5.74) is 1.11. The van der Waals surface area contributed by atoms with Gasteiger partial charge in [0.2, 0.25) is 0 Å². The van der Waals surface area contributed by atoms with Crippen LogP contribution in [-0.4, -0.2) is 60.8 Å². The SMILES string of the molecule is CCC(=NCCN1CCNCC1)C1=C(O)CC(C)(C)CC1=O. The first-order valence-corrected chi connectivity index (χ1v) is 8.35. The number of nitrogens with zero attached hydrogens (tertiary/aromatic N) is 2. The first-order chi connectivity index (χ1) is 10.4. The number of ketones is 1. The molecule has 5 heteroatoms. The molecule has 2 rings (SSSR count). The Morgan fingerprint density at radius 2 is 2.00 bits per heavy atom. The Bertz CT molecular complexity index is 474. The van der Waals surface area contributed by atoms with E-state index < -0.39 is 0 Å². The van der Waals surface area contributed by atoms with Gasteiger partial charge in [0, 0.05) is 51.3 Å². The molecule has 2 N–H and O–H groups in total. The Kier molecular flexibility index (Phi) is 5.75. The Labute approximate surface area is 133 Å². The Balaban J connectivity index is 2.03. The van der Waals surface area contributed by atoms with Crippen molar-refractivity contribution in [3.05, 3.63) is 11.3 Å². The summed E-state index contributed by atoms with van der Waals surface area (Å²) in [5.74, 6) is 0.264. The summed E-state index contributed by atoms with van der Waals surface area (Å²) in [7, 11) is 0. The summed E-state index contributed by atoms with van der Waals surface area (Å²) in [6.45, 7) is 11.8. The lowest BCUT2D eigenvalue weighted by molar-refractivity contribution is -0.117. The molecule has 1 heterocycles. The first kappa shape index (κ1) is 17.2. The third-order valence-electron chi connectivity index (χ3n) is 4.40. The average molecular weight is 307 g/mol. The largest absolute Gasteiger partial charge is 0.511 e. The molecular weight excluding hydrogens is 278 g/mol. The number of aliphatic hydroxyl groups is 1. The topological polar surface area (TPSA) is 64.9 Å². The lowest BCUT2D eigenvalue weighted by Crippen LogP contribution is -2.44. The molecule has 0 bridgehead atoms. The van der Waals surface area contributed by atoms with E-state index in [1.165, 1.54) is 0 Å². The molecule has 0 spiro atoms. The summed E-state index contributed by atoms with van der Waals surface area (Å²) in [4.78, 5) is 19.4. The zero-order chi connectivity index (χ0) is 16.2. The molecule has 5 nitrogen and oxygen atoms in total. The number of hydrogen-bond donors (Lipinski definition) is 2. The smallest absolute Gasteiger partial charge is 0.168 e.